The molecule has 0 atom stereocenters. The molecule has 0 unspecified atom stereocenters. The molecule has 0 amide bonds. The molecule has 4 heteroatoms. The zero-order valence-corrected chi connectivity index (χ0v) is 13.1. The highest BCUT2D eigenvalue weighted by Gasteiger charge is 2.04. The molecule has 0 aliphatic carbocycles. The molecule has 1 aromatic carbocycles. The fourth-order valence-electron chi connectivity index (χ4n) is 2.71. The molecule has 3 heterocycles. The summed E-state index contributed by atoms with van der Waals surface area (Å²) in [5, 5.41) is 1.02. The van der Waals surface area contributed by atoms with Crippen molar-refractivity contribution in [2.24, 2.45) is 5.73 Å². The van der Waals surface area contributed by atoms with Crippen LogP contribution < -0.4 is 5.73 Å². The van der Waals surface area contributed by atoms with E-state index in [0.29, 0.717) is 6.54 Å². The minimum Gasteiger partial charge on any atom is -0.325 e. The van der Waals surface area contributed by atoms with E-state index in [0.717, 1.165) is 39.0 Å². The van der Waals surface area contributed by atoms with Crippen molar-refractivity contribution in [1.29, 1.82) is 0 Å². The average Bonchev–Trinajstić information content (AvgIpc) is 2.68. The lowest BCUT2D eigenvalue weighted by Gasteiger charge is -2.06. The van der Waals surface area contributed by atoms with Gasteiger partial charge in [-0.15, -0.1) is 0 Å². The van der Waals surface area contributed by atoms with Crippen LogP contribution in [0, 0.1) is 0 Å². The number of nitrogens with zero attached hydrogens (tertiary/aromatic N) is 3. The van der Waals surface area contributed by atoms with Gasteiger partial charge in [-0.25, -0.2) is 4.98 Å². The predicted molar refractivity (Wildman–Crippen MR) is 96.1 cm³/mol. The van der Waals surface area contributed by atoms with Gasteiger partial charge in [0.1, 0.15) is 0 Å². The summed E-state index contributed by atoms with van der Waals surface area (Å²) < 4.78 is 0. The van der Waals surface area contributed by atoms with Crippen LogP contribution in [0.1, 0.15) is 5.69 Å². The van der Waals surface area contributed by atoms with Gasteiger partial charge in [0.25, 0.3) is 0 Å². The second-order valence-corrected chi connectivity index (χ2v) is 5.58. The Hall–Kier alpha value is -3.11. The van der Waals surface area contributed by atoms with Crippen LogP contribution in [0.5, 0.6) is 0 Å². The van der Waals surface area contributed by atoms with Crippen LogP contribution in [0.2, 0.25) is 0 Å². The summed E-state index contributed by atoms with van der Waals surface area (Å²) >= 11 is 0. The van der Waals surface area contributed by atoms with Gasteiger partial charge in [0.05, 0.1) is 16.9 Å². The van der Waals surface area contributed by atoms with Crippen LogP contribution in [0.15, 0.2) is 73.2 Å². The van der Waals surface area contributed by atoms with Crippen molar-refractivity contribution in [1.82, 2.24) is 15.0 Å². The van der Waals surface area contributed by atoms with Crippen molar-refractivity contribution in [3.8, 4) is 22.4 Å². The number of aromatic nitrogens is 3. The van der Waals surface area contributed by atoms with E-state index in [9.17, 15) is 0 Å². The Balaban J connectivity index is 1.71. The van der Waals surface area contributed by atoms with Crippen LogP contribution in [0.3, 0.4) is 0 Å². The Bertz CT molecular complexity index is 979. The molecule has 0 aliphatic rings. The number of hydrogen-bond donors (Lipinski definition) is 1. The molecule has 0 fully saturated rings. The lowest BCUT2D eigenvalue weighted by Crippen LogP contribution is -1.99. The van der Waals surface area contributed by atoms with Gasteiger partial charge in [-0.1, -0.05) is 24.3 Å². The zero-order chi connectivity index (χ0) is 16.4. The minimum atomic E-state index is 0.419. The first-order valence-corrected chi connectivity index (χ1v) is 7.80. The van der Waals surface area contributed by atoms with E-state index >= 15 is 0 Å². The molecule has 0 spiro atoms. The van der Waals surface area contributed by atoms with Gasteiger partial charge in [0.2, 0.25) is 0 Å². The number of fused-ring (bicyclic) bond motifs is 1. The van der Waals surface area contributed by atoms with E-state index in [1.165, 1.54) is 0 Å². The minimum absolute atomic E-state index is 0.419. The van der Waals surface area contributed by atoms with Gasteiger partial charge >= 0.3 is 0 Å². The first-order chi connectivity index (χ1) is 11.8. The van der Waals surface area contributed by atoms with E-state index in [1.54, 1.807) is 12.4 Å². The normalized spacial score (nSPS) is 10.9. The zero-order valence-electron chi connectivity index (χ0n) is 13.1. The van der Waals surface area contributed by atoms with Crippen LogP contribution in [-0.2, 0) is 6.54 Å². The maximum atomic E-state index is 5.67. The Morgan fingerprint density at radius 3 is 2.25 bits per heavy atom. The van der Waals surface area contributed by atoms with E-state index in [-0.39, 0.29) is 0 Å². The monoisotopic (exact) mass is 312 g/mol. The average molecular weight is 312 g/mol. The topological polar surface area (TPSA) is 64.7 Å². The quantitative estimate of drug-likeness (QED) is 0.624. The second-order valence-electron chi connectivity index (χ2n) is 5.58. The van der Waals surface area contributed by atoms with Gasteiger partial charge in [-0.3, -0.25) is 9.97 Å². The highest BCUT2D eigenvalue weighted by atomic mass is 14.8. The summed E-state index contributed by atoms with van der Waals surface area (Å²) in [4.78, 5) is 13.1. The summed E-state index contributed by atoms with van der Waals surface area (Å²) in [6, 6.07) is 18.4. The summed E-state index contributed by atoms with van der Waals surface area (Å²) in [6.07, 6.45) is 5.43. The van der Waals surface area contributed by atoms with Gasteiger partial charge < -0.3 is 5.73 Å². The molecule has 0 radical (unpaired) electrons. The molecule has 0 saturated carbocycles. The van der Waals surface area contributed by atoms with Crippen LogP contribution in [0.25, 0.3) is 33.3 Å². The molecule has 116 valence electrons. The highest BCUT2D eigenvalue weighted by molar-refractivity contribution is 5.81. The lowest BCUT2D eigenvalue weighted by molar-refractivity contribution is 0.996. The lowest BCUT2D eigenvalue weighted by atomic mass is 10.0. The van der Waals surface area contributed by atoms with Gasteiger partial charge in [-0.05, 0) is 41.5 Å². The van der Waals surface area contributed by atoms with E-state index in [4.69, 9.17) is 10.7 Å². The van der Waals surface area contributed by atoms with E-state index in [1.807, 2.05) is 36.5 Å². The third kappa shape index (κ3) is 2.75. The Kier molecular flexibility index (Phi) is 3.73. The maximum absolute atomic E-state index is 5.67. The fraction of sp³-hybridized carbons (Fsp3) is 0.0500. The first kappa shape index (κ1) is 14.5. The van der Waals surface area contributed by atoms with Gasteiger partial charge in [-0.2, -0.15) is 0 Å². The van der Waals surface area contributed by atoms with Crippen LogP contribution in [-0.4, -0.2) is 15.0 Å². The number of nitrogens with two attached hydrogens (primary N) is 1. The standard InChI is InChI=1S/C20H16N4/c21-12-18-11-20-17(13-23-18)5-6-19(24-20)16-3-1-14(2-4-16)15-7-9-22-10-8-15/h1-11,13H,12,21H2. The van der Waals surface area contributed by atoms with Crippen molar-refractivity contribution in [3.05, 3.63) is 78.9 Å². The smallest absolute Gasteiger partial charge is 0.0743 e. The summed E-state index contributed by atoms with van der Waals surface area (Å²) in [7, 11) is 0. The summed E-state index contributed by atoms with van der Waals surface area (Å²) in [5.74, 6) is 0. The molecular formula is C20H16N4. The maximum Gasteiger partial charge on any atom is 0.0743 e. The van der Waals surface area contributed by atoms with Crippen molar-refractivity contribution < 1.29 is 0 Å². The molecule has 4 aromatic rings. The molecule has 4 rings (SSSR count). The number of hydrogen-bond acceptors (Lipinski definition) is 4. The Morgan fingerprint density at radius 2 is 1.50 bits per heavy atom. The number of pyridine rings is 3. The SMILES string of the molecule is NCc1cc2nc(-c3ccc(-c4ccncc4)cc3)ccc2cn1. The summed E-state index contributed by atoms with van der Waals surface area (Å²) in [6.45, 7) is 0.419. The molecular weight excluding hydrogens is 296 g/mol. The first-order valence-electron chi connectivity index (χ1n) is 7.80. The Labute approximate surface area is 140 Å². The Morgan fingerprint density at radius 1 is 0.792 bits per heavy atom. The largest absolute Gasteiger partial charge is 0.325 e. The van der Waals surface area contributed by atoms with E-state index < -0.39 is 0 Å². The molecule has 24 heavy (non-hydrogen) atoms. The van der Waals surface area contributed by atoms with Crippen molar-refractivity contribution in [3.63, 3.8) is 0 Å². The van der Waals surface area contributed by atoms with Gasteiger partial charge in [0, 0.05) is 36.1 Å². The third-order valence-electron chi connectivity index (χ3n) is 4.03. The van der Waals surface area contributed by atoms with Crippen molar-refractivity contribution in [2.45, 2.75) is 6.54 Å². The molecule has 0 bridgehead atoms. The fourth-order valence-corrected chi connectivity index (χ4v) is 2.71. The number of benzene rings is 1. The molecule has 4 nitrogen and oxygen atoms in total. The van der Waals surface area contributed by atoms with Gasteiger partial charge in [0.15, 0.2) is 0 Å². The van der Waals surface area contributed by atoms with Crippen LogP contribution in [0.4, 0.5) is 0 Å². The summed E-state index contributed by atoms with van der Waals surface area (Å²) in [5.41, 5.74) is 11.8. The number of rotatable bonds is 3. The second kappa shape index (κ2) is 6.18. The van der Waals surface area contributed by atoms with E-state index in [2.05, 4.69) is 34.2 Å². The van der Waals surface area contributed by atoms with Crippen molar-refractivity contribution >= 4 is 10.9 Å². The molecule has 3 aromatic heterocycles. The van der Waals surface area contributed by atoms with Crippen LogP contribution >= 0.6 is 0 Å². The molecule has 2 N–H and O–H groups in total. The predicted octanol–water partition coefficient (Wildman–Crippen LogP) is 3.82. The third-order valence-corrected chi connectivity index (χ3v) is 4.03. The van der Waals surface area contributed by atoms with Crippen molar-refractivity contribution in [2.75, 3.05) is 0 Å². The highest BCUT2D eigenvalue weighted by Crippen LogP contribution is 2.25. The molecule has 0 aliphatic heterocycles. The molecule has 0 saturated heterocycles.